The van der Waals surface area contributed by atoms with Gasteiger partial charge in [-0.2, -0.15) is 4.31 Å². The summed E-state index contributed by atoms with van der Waals surface area (Å²) >= 11 is 0. The van der Waals surface area contributed by atoms with E-state index in [1.165, 1.54) is 4.31 Å². The second kappa shape index (κ2) is 4.93. The minimum atomic E-state index is -3.26. The van der Waals surface area contributed by atoms with Crippen molar-refractivity contribution in [1.82, 2.24) is 9.62 Å². The van der Waals surface area contributed by atoms with Gasteiger partial charge < -0.3 is 5.32 Å². The molecule has 1 saturated heterocycles. The Labute approximate surface area is 98.9 Å². The van der Waals surface area contributed by atoms with Gasteiger partial charge in [0.1, 0.15) is 0 Å². The van der Waals surface area contributed by atoms with E-state index in [-0.39, 0.29) is 18.2 Å². The molecule has 0 unspecified atom stereocenters. The number of carbonyl (C=O) groups excluding carboxylic acids is 1. The van der Waals surface area contributed by atoms with Crippen LogP contribution in [0.4, 0.5) is 0 Å². The summed E-state index contributed by atoms with van der Waals surface area (Å²) in [6.45, 7) is 0.787. The number of nitrogens with one attached hydrogen (secondary N) is 1. The van der Waals surface area contributed by atoms with Gasteiger partial charge in [-0.25, -0.2) is 18.4 Å². The molecule has 1 aliphatic heterocycles. The molecule has 1 amide bonds. The average Bonchev–Trinajstić information content (AvgIpc) is 2.14. The van der Waals surface area contributed by atoms with E-state index in [1.807, 2.05) is 0 Å². The largest absolute Gasteiger partial charge is 0.354 e. The topological polar surface area (TPSA) is 66.5 Å². The fraction of sp³-hybridized carbons (Fsp3) is 0.889. The van der Waals surface area contributed by atoms with Crippen LogP contribution >= 0.6 is 10.0 Å². The Balaban J connectivity index is 2.60. The fourth-order valence-corrected chi connectivity index (χ4v) is 5.12. The minimum Gasteiger partial charge on any atom is -0.354 e. The van der Waals surface area contributed by atoms with Gasteiger partial charge in [0.2, 0.25) is 15.9 Å². The molecule has 0 aromatic rings. The number of amides is 1. The van der Waals surface area contributed by atoms with Gasteiger partial charge in [0.15, 0.2) is 0 Å². The highest BCUT2D eigenvalue weighted by Gasteiger charge is 2.27. The van der Waals surface area contributed by atoms with Crippen LogP contribution in [0, 0.1) is 0 Å². The van der Waals surface area contributed by atoms with E-state index < -0.39 is 20.1 Å². The Morgan fingerprint density at radius 3 is 2.38 bits per heavy atom. The highest BCUT2D eigenvalue weighted by Crippen LogP contribution is 2.34. The van der Waals surface area contributed by atoms with Crippen molar-refractivity contribution >= 4 is 26.0 Å². The van der Waals surface area contributed by atoms with Crippen molar-refractivity contribution in [2.75, 3.05) is 49.9 Å². The predicted octanol–water partition coefficient (Wildman–Crippen LogP) is -0.558. The quantitative estimate of drug-likeness (QED) is 0.743. The Hall–Kier alpha value is -0.270. The molecule has 0 aromatic carbocycles. The zero-order valence-electron chi connectivity index (χ0n) is 10.0. The van der Waals surface area contributed by atoms with E-state index in [4.69, 9.17) is 0 Å². The number of sulfonamides is 1. The molecule has 96 valence electrons. The fourth-order valence-electron chi connectivity index (χ4n) is 1.34. The van der Waals surface area contributed by atoms with Gasteiger partial charge in [-0.1, -0.05) is 0 Å². The Morgan fingerprint density at radius 2 is 1.88 bits per heavy atom. The first-order valence-electron chi connectivity index (χ1n) is 5.11. The van der Waals surface area contributed by atoms with Crippen LogP contribution in [0.5, 0.6) is 0 Å². The Kier molecular flexibility index (Phi) is 4.25. The molecule has 1 N–H and O–H groups in total. The third-order valence-corrected chi connectivity index (χ3v) is 5.86. The van der Waals surface area contributed by atoms with Crippen molar-refractivity contribution in [3.63, 3.8) is 0 Å². The Bertz CT molecular complexity index is 359. The molecule has 1 heterocycles. The molecule has 0 spiro atoms. The number of nitrogens with zero attached hydrogens (tertiary/aromatic N) is 1. The van der Waals surface area contributed by atoms with Gasteiger partial charge in [0.25, 0.3) is 0 Å². The van der Waals surface area contributed by atoms with Crippen LogP contribution in [0.15, 0.2) is 0 Å². The van der Waals surface area contributed by atoms with Crippen molar-refractivity contribution in [3.8, 4) is 0 Å². The van der Waals surface area contributed by atoms with Crippen molar-refractivity contribution < 1.29 is 13.2 Å². The van der Waals surface area contributed by atoms with E-state index >= 15 is 0 Å². The molecular formula is C9H20N2O3S2. The summed E-state index contributed by atoms with van der Waals surface area (Å²) < 4.78 is 25.2. The van der Waals surface area contributed by atoms with Gasteiger partial charge >= 0.3 is 0 Å². The predicted molar refractivity (Wildman–Crippen MR) is 68.6 cm³/mol. The van der Waals surface area contributed by atoms with Gasteiger partial charge in [-0.05, 0) is 24.5 Å². The van der Waals surface area contributed by atoms with Crippen LogP contribution in [0.1, 0.15) is 0 Å². The monoisotopic (exact) mass is 268 g/mol. The molecule has 1 aliphatic rings. The number of hydrogen-bond acceptors (Lipinski definition) is 3. The summed E-state index contributed by atoms with van der Waals surface area (Å²) in [7, 11) is -4.07. The normalized spacial score (nSPS) is 20.6. The van der Waals surface area contributed by atoms with E-state index in [0.717, 1.165) is 0 Å². The molecule has 0 atom stereocenters. The summed E-state index contributed by atoms with van der Waals surface area (Å²) in [4.78, 5) is 11.1. The lowest BCUT2D eigenvalue weighted by Gasteiger charge is -2.29. The summed E-state index contributed by atoms with van der Waals surface area (Å²) in [6.07, 6.45) is 6.27. The highest BCUT2D eigenvalue weighted by atomic mass is 32.3. The zero-order valence-corrected chi connectivity index (χ0v) is 11.7. The lowest BCUT2D eigenvalue weighted by Crippen LogP contribution is -2.50. The lowest BCUT2D eigenvalue weighted by molar-refractivity contribution is -0.122. The van der Waals surface area contributed by atoms with Crippen molar-refractivity contribution in [2.45, 2.75) is 0 Å². The van der Waals surface area contributed by atoms with E-state index in [0.29, 0.717) is 18.8 Å². The first kappa shape index (κ1) is 13.8. The number of piperazine rings is 1. The lowest BCUT2D eigenvalue weighted by atomic mass is 10.4. The van der Waals surface area contributed by atoms with Crippen molar-refractivity contribution in [2.24, 2.45) is 0 Å². The summed E-state index contributed by atoms with van der Waals surface area (Å²) in [5.74, 6) is 0.630. The molecule has 16 heavy (non-hydrogen) atoms. The molecule has 1 fully saturated rings. The maximum atomic E-state index is 11.9. The van der Waals surface area contributed by atoms with Gasteiger partial charge in [0.05, 0.1) is 12.3 Å². The molecular weight excluding hydrogens is 248 g/mol. The van der Waals surface area contributed by atoms with Crippen LogP contribution in [0.3, 0.4) is 0 Å². The van der Waals surface area contributed by atoms with Crippen LogP contribution in [0.25, 0.3) is 0 Å². The second-order valence-electron chi connectivity index (χ2n) is 4.79. The molecule has 1 rings (SSSR count). The molecule has 0 aliphatic carbocycles. The SMILES string of the molecule is CS(C)(C)CCS(=O)(=O)N1CCNC(=O)C1. The van der Waals surface area contributed by atoms with Gasteiger partial charge in [-0.15, -0.1) is 0 Å². The van der Waals surface area contributed by atoms with Crippen molar-refractivity contribution in [1.29, 1.82) is 0 Å². The van der Waals surface area contributed by atoms with Crippen LogP contribution < -0.4 is 5.32 Å². The molecule has 7 heteroatoms. The number of hydrogen-bond donors (Lipinski definition) is 1. The highest BCUT2D eigenvalue weighted by molar-refractivity contribution is 8.32. The van der Waals surface area contributed by atoms with Crippen LogP contribution in [-0.4, -0.2) is 68.5 Å². The molecule has 0 bridgehead atoms. The standard InChI is InChI=1S/C9H20N2O3S2/c1-15(2,3)6-7-16(13,14)11-5-4-10-9(12)8-11/h4-8H2,1-3H3,(H,10,12). The summed E-state index contributed by atoms with van der Waals surface area (Å²) in [5.41, 5.74) is 0. The smallest absolute Gasteiger partial charge is 0.235 e. The van der Waals surface area contributed by atoms with E-state index in [2.05, 4.69) is 24.1 Å². The average molecular weight is 268 g/mol. The Morgan fingerprint density at radius 1 is 1.25 bits per heavy atom. The number of carbonyl (C=O) groups is 1. The summed E-state index contributed by atoms with van der Waals surface area (Å²) in [5, 5.41) is 2.62. The van der Waals surface area contributed by atoms with Crippen molar-refractivity contribution in [3.05, 3.63) is 0 Å². The van der Waals surface area contributed by atoms with Crippen LogP contribution in [0.2, 0.25) is 0 Å². The van der Waals surface area contributed by atoms with Gasteiger partial charge in [0, 0.05) is 13.1 Å². The first-order valence-corrected chi connectivity index (χ1v) is 9.75. The number of rotatable bonds is 4. The molecule has 0 saturated carbocycles. The van der Waals surface area contributed by atoms with E-state index in [1.54, 1.807) is 0 Å². The first-order chi connectivity index (χ1) is 7.21. The second-order valence-corrected chi connectivity index (χ2v) is 11.5. The third-order valence-electron chi connectivity index (χ3n) is 2.35. The molecule has 5 nitrogen and oxygen atoms in total. The van der Waals surface area contributed by atoms with Crippen LogP contribution in [-0.2, 0) is 14.8 Å². The third kappa shape index (κ3) is 4.31. The maximum Gasteiger partial charge on any atom is 0.235 e. The summed E-state index contributed by atoms with van der Waals surface area (Å²) in [6, 6.07) is 0. The van der Waals surface area contributed by atoms with Gasteiger partial charge in [-0.3, -0.25) is 4.79 Å². The minimum absolute atomic E-state index is 0.0260. The molecule has 0 aromatic heterocycles. The zero-order chi connectivity index (χ0) is 12.4. The van der Waals surface area contributed by atoms with E-state index in [9.17, 15) is 13.2 Å². The molecule has 0 radical (unpaired) electrons. The maximum absolute atomic E-state index is 11.9.